The van der Waals surface area contributed by atoms with Crippen molar-refractivity contribution in [2.45, 2.75) is 19.3 Å². The molecule has 36 heavy (non-hydrogen) atoms. The number of anilines is 1. The highest BCUT2D eigenvalue weighted by Gasteiger charge is 2.28. The first kappa shape index (κ1) is 27.1. The Kier molecular flexibility index (Phi) is 9.77. The molecule has 0 spiro atoms. The first-order valence-electron chi connectivity index (χ1n) is 11.9. The second kappa shape index (κ2) is 13.0. The molecule has 2 aromatic rings. The minimum Gasteiger partial charge on any atom is -0.366 e. The molecule has 0 saturated carbocycles. The molecule has 9 nitrogen and oxygen atoms in total. The van der Waals surface area contributed by atoms with Gasteiger partial charge >= 0.3 is 0 Å². The summed E-state index contributed by atoms with van der Waals surface area (Å²) in [5.41, 5.74) is 6.68. The van der Waals surface area contributed by atoms with Gasteiger partial charge in [-0.1, -0.05) is 24.3 Å². The number of carbonyl (C=O) groups is 4. The largest absolute Gasteiger partial charge is 0.366 e. The molecule has 4 amide bonds. The van der Waals surface area contributed by atoms with Crippen LogP contribution in [0.2, 0.25) is 0 Å². The quantitative estimate of drug-likeness (QED) is 0.443. The lowest BCUT2D eigenvalue weighted by Crippen LogP contribution is -2.51. The van der Waals surface area contributed by atoms with E-state index in [4.69, 9.17) is 5.73 Å². The fraction of sp³-hybridized carbons (Fsp3) is 0.385. The molecule has 1 aliphatic rings. The van der Waals surface area contributed by atoms with Gasteiger partial charge in [0.1, 0.15) is 6.54 Å². The van der Waals surface area contributed by atoms with E-state index in [0.717, 1.165) is 15.4 Å². The maximum Gasteiger partial charge on any atom is 0.248 e. The van der Waals surface area contributed by atoms with Crippen molar-refractivity contribution >= 4 is 40.0 Å². The molecule has 3 rings (SSSR count). The van der Waals surface area contributed by atoms with Crippen LogP contribution < -0.4 is 16.0 Å². The van der Waals surface area contributed by atoms with Crippen molar-refractivity contribution < 1.29 is 19.2 Å². The molecule has 0 radical (unpaired) electrons. The third kappa shape index (κ3) is 7.76. The van der Waals surface area contributed by atoms with Gasteiger partial charge < -0.3 is 25.8 Å². The maximum atomic E-state index is 12.7. The zero-order valence-corrected chi connectivity index (χ0v) is 21.6. The summed E-state index contributed by atoms with van der Waals surface area (Å²) in [7, 11) is 3.85. The van der Waals surface area contributed by atoms with Gasteiger partial charge in [0, 0.05) is 49.1 Å². The van der Waals surface area contributed by atoms with Gasteiger partial charge in [-0.2, -0.15) is 0 Å². The summed E-state index contributed by atoms with van der Waals surface area (Å²) < 4.78 is 0. The van der Waals surface area contributed by atoms with Gasteiger partial charge in [0.25, 0.3) is 0 Å². The van der Waals surface area contributed by atoms with E-state index in [1.54, 1.807) is 28.0 Å². The molecule has 0 bridgehead atoms. The van der Waals surface area contributed by atoms with Crippen LogP contribution in [-0.2, 0) is 27.2 Å². The molecular weight excluding hydrogens is 478 g/mol. The van der Waals surface area contributed by atoms with Crippen LogP contribution in [0.1, 0.15) is 27.2 Å². The standard InChI is InChI=1S/C26H33N5O4S/c1-29(2)15-5-8-23(33)30-16-17-31(24(34)18-30)25-12-10-20(36-25)9-11-22(32)28-14-13-19-6-3-4-7-21(19)26(27)35/h3-8,10,12H,9,11,13-18H2,1-2H3,(H2,27,35)(H,28,32). The molecule has 1 fully saturated rings. The SMILES string of the molecule is CN(C)CC=CC(=O)N1CCN(c2ccc(CCC(=O)NCCc3ccccc3C(N)=O)s2)C(=O)C1. The minimum absolute atomic E-state index is 0.0552. The van der Waals surface area contributed by atoms with Crippen LogP contribution in [0.5, 0.6) is 0 Å². The highest BCUT2D eigenvalue weighted by Crippen LogP contribution is 2.28. The highest BCUT2D eigenvalue weighted by molar-refractivity contribution is 7.16. The molecule has 0 atom stereocenters. The van der Waals surface area contributed by atoms with Gasteiger partial charge in [-0.3, -0.25) is 19.2 Å². The van der Waals surface area contributed by atoms with Crippen LogP contribution in [0.25, 0.3) is 0 Å². The maximum absolute atomic E-state index is 12.7. The number of thiophene rings is 1. The van der Waals surface area contributed by atoms with E-state index in [0.29, 0.717) is 51.0 Å². The lowest BCUT2D eigenvalue weighted by atomic mass is 10.0. The molecule has 2 heterocycles. The van der Waals surface area contributed by atoms with Gasteiger partial charge in [-0.05, 0) is 50.7 Å². The summed E-state index contributed by atoms with van der Waals surface area (Å²) in [5, 5.41) is 3.71. The summed E-state index contributed by atoms with van der Waals surface area (Å²) >= 11 is 1.49. The van der Waals surface area contributed by atoms with Gasteiger partial charge in [0.05, 0.1) is 5.00 Å². The molecule has 1 aromatic carbocycles. The lowest BCUT2D eigenvalue weighted by molar-refractivity contribution is -0.133. The number of hydrogen-bond donors (Lipinski definition) is 2. The second-order valence-corrected chi connectivity index (χ2v) is 9.98. The van der Waals surface area contributed by atoms with Gasteiger partial charge in [-0.15, -0.1) is 11.3 Å². The van der Waals surface area contributed by atoms with Crippen LogP contribution in [0, 0.1) is 0 Å². The second-order valence-electron chi connectivity index (χ2n) is 8.83. The number of carbonyl (C=O) groups excluding carboxylic acids is 4. The number of amides is 4. The van der Waals surface area contributed by atoms with E-state index in [9.17, 15) is 19.2 Å². The average Bonchev–Trinajstić information content (AvgIpc) is 3.31. The van der Waals surface area contributed by atoms with Crippen LogP contribution in [0.3, 0.4) is 0 Å². The average molecular weight is 512 g/mol. The fourth-order valence-electron chi connectivity index (χ4n) is 3.85. The van der Waals surface area contributed by atoms with E-state index in [1.807, 2.05) is 43.3 Å². The summed E-state index contributed by atoms with van der Waals surface area (Å²) in [4.78, 5) is 55.0. The molecule has 0 aliphatic carbocycles. The van der Waals surface area contributed by atoms with E-state index >= 15 is 0 Å². The predicted octanol–water partition coefficient (Wildman–Crippen LogP) is 1.43. The van der Waals surface area contributed by atoms with E-state index < -0.39 is 5.91 Å². The number of nitrogens with two attached hydrogens (primary N) is 1. The monoisotopic (exact) mass is 511 g/mol. The number of nitrogens with one attached hydrogen (secondary N) is 1. The Morgan fingerprint density at radius 2 is 1.89 bits per heavy atom. The zero-order valence-electron chi connectivity index (χ0n) is 20.7. The van der Waals surface area contributed by atoms with E-state index in [-0.39, 0.29) is 24.3 Å². The van der Waals surface area contributed by atoms with Crippen LogP contribution >= 0.6 is 11.3 Å². The molecule has 0 unspecified atom stereocenters. The number of piperazine rings is 1. The Hall–Kier alpha value is -3.50. The third-order valence-electron chi connectivity index (χ3n) is 5.77. The Morgan fingerprint density at radius 3 is 2.61 bits per heavy atom. The first-order valence-corrected chi connectivity index (χ1v) is 12.7. The van der Waals surface area contributed by atoms with Crippen molar-refractivity contribution in [2.24, 2.45) is 5.73 Å². The zero-order chi connectivity index (χ0) is 26.1. The van der Waals surface area contributed by atoms with Crippen LogP contribution in [0.15, 0.2) is 48.6 Å². The molecular formula is C26H33N5O4S. The molecule has 192 valence electrons. The topological polar surface area (TPSA) is 116 Å². The Balaban J connectivity index is 1.43. The summed E-state index contributed by atoms with van der Waals surface area (Å²) in [6.45, 7) is 2.06. The van der Waals surface area contributed by atoms with Crippen molar-refractivity contribution in [3.8, 4) is 0 Å². The fourth-order valence-corrected chi connectivity index (χ4v) is 4.90. The summed E-state index contributed by atoms with van der Waals surface area (Å²) in [6, 6.07) is 10.9. The Bertz CT molecular complexity index is 1130. The van der Waals surface area contributed by atoms with Crippen molar-refractivity contribution in [3.63, 3.8) is 0 Å². The number of nitrogens with zero attached hydrogens (tertiary/aromatic N) is 3. The predicted molar refractivity (Wildman–Crippen MR) is 141 cm³/mol. The van der Waals surface area contributed by atoms with Crippen LogP contribution in [0.4, 0.5) is 5.00 Å². The third-order valence-corrected chi connectivity index (χ3v) is 6.94. The molecule has 1 aromatic heterocycles. The van der Waals surface area contributed by atoms with Crippen LogP contribution in [-0.4, -0.2) is 80.2 Å². The molecule has 1 saturated heterocycles. The van der Waals surface area contributed by atoms with Gasteiger partial charge in [0.15, 0.2) is 0 Å². The minimum atomic E-state index is -0.478. The molecule has 10 heteroatoms. The van der Waals surface area contributed by atoms with Crippen molar-refractivity contribution in [3.05, 3.63) is 64.6 Å². The Labute approximate surface area is 215 Å². The summed E-state index contributed by atoms with van der Waals surface area (Å²) in [6.07, 6.45) is 4.73. The highest BCUT2D eigenvalue weighted by atomic mass is 32.1. The first-order chi connectivity index (χ1) is 17.2. The molecule has 1 aliphatic heterocycles. The number of rotatable bonds is 11. The molecule has 3 N–H and O–H groups in total. The normalized spacial score (nSPS) is 14.0. The number of aryl methyl sites for hydroxylation is 1. The van der Waals surface area contributed by atoms with E-state index in [2.05, 4.69) is 5.32 Å². The number of benzene rings is 1. The van der Waals surface area contributed by atoms with Gasteiger partial charge in [0.2, 0.25) is 23.6 Å². The van der Waals surface area contributed by atoms with Gasteiger partial charge in [-0.25, -0.2) is 0 Å². The van der Waals surface area contributed by atoms with Crippen molar-refractivity contribution in [1.29, 1.82) is 0 Å². The van der Waals surface area contributed by atoms with Crippen molar-refractivity contribution in [2.75, 3.05) is 51.7 Å². The number of primary amides is 1. The van der Waals surface area contributed by atoms with Crippen molar-refractivity contribution in [1.82, 2.24) is 15.1 Å². The summed E-state index contributed by atoms with van der Waals surface area (Å²) in [5.74, 6) is -0.820. The lowest BCUT2D eigenvalue weighted by Gasteiger charge is -2.33. The van der Waals surface area contributed by atoms with E-state index in [1.165, 1.54) is 17.4 Å². The number of likely N-dealkylation sites (N-methyl/N-ethyl adjacent to an activating group) is 1. The smallest absolute Gasteiger partial charge is 0.248 e. The Morgan fingerprint density at radius 1 is 1.11 bits per heavy atom. The number of hydrogen-bond acceptors (Lipinski definition) is 6.